The Bertz CT molecular complexity index is 890. The van der Waals surface area contributed by atoms with E-state index in [0.717, 1.165) is 0 Å². The number of ether oxygens (including phenoxy) is 2. The number of amides is 1. The van der Waals surface area contributed by atoms with Gasteiger partial charge in [-0.25, -0.2) is 4.79 Å². The van der Waals surface area contributed by atoms with Crippen molar-refractivity contribution in [1.82, 2.24) is 4.90 Å². The lowest BCUT2D eigenvalue weighted by atomic mass is 10.1. The Morgan fingerprint density at radius 1 is 1.03 bits per heavy atom. The van der Waals surface area contributed by atoms with Crippen LogP contribution in [0.25, 0.3) is 0 Å². The molecule has 0 aliphatic heterocycles. The number of rotatable bonds is 8. The number of nitrogens with one attached hydrogen (secondary N) is 1. The van der Waals surface area contributed by atoms with Crippen LogP contribution in [0, 0.1) is 0 Å². The van der Waals surface area contributed by atoms with Crippen molar-refractivity contribution in [3.8, 4) is 5.75 Å². The summed E-state index contributed by atoms with van der Waals surface area (Å²) in [5.41, 5.74) is 7.21. The van der Waals surface area contributed by atoms with E-state index in [1.54, 1.807) is 62.6 Å². The van der Waals surface area contributed by atoms with E-state index in [1.807, 2.05) is 0 Å². The summed E-state index contributed by atoms with van der Waals surface area (Å²) >= 11 is 0. The molecule has 1 amide bonds. The minimum absolute atomic E-state index is 0.00975. The molecule has 0 fully saturated rings. The fourth-order valence-electron chi connectivity index (χ4n) is 2.21. The van der Waals surface area contributed by atoms with Crippen LogP contribution in [0.15, 0.2) is 60.9 Å². The van der Waals surface area contributed by atoms with Gasteiger partial charge in [-0.1, -0.05) is 18.7 Å². The largest absolute Gasteiger partial charge is 0.455 e. The molecule has 0 aliphatic carbocycles. The van der Waals surface area contributed by atoms with E-state index in [1.165, 1.54) is 4.90 Å². The van der Waals surface area contributed by atoms with Crippen LogP contribution in [0.4, 0.5) is 5.69 Å². The van der Waals surface area contributed by atoms with E-state index < -0.39 is 11.9 Å². The molecule has 0 aromatic heterocycles. The molecule has 8 nitrogen and oxygen atoms in total. The molecule has 0 radical (unpaired) electrons. The summed E-state index contributed by atoms with van der Waals surface area (Å²) in [5.74, 6) is -0.685. The van der Waals surface area contributed by atoms with Crippen molar-refractivity contribution < 1.29 is 23.9 Å². The summed E-state index contributed by atoms with van der Waals surface area (Å²) in [5, 5.41) is 2.84. The molecular formula is C21H23N3O5. The zero-order chi connectivity index (χ0) is 21.4. The van der Waals surface area contributed by atoms with Gasteiger partial charge in [0.25, 0.3) is 5.91 Å². The van der Waals surface area contributed by atoms with Gasteiger partial charge in [0.15, 0.2) is 6.61 Å². The highest BCUT2D eigenvalue weighted by molar-refractivity contribution is 5.91. The van der Waals surface area contributed by atoms with Crippen LogP contribution in [0.3, 0.4) is 0 Å². The zero-order valence-corrected chi connectivity index (χ0v) is 16.3. The second kappa shape index (κ2) is 9.93. The molecule has 0 spiro atoms. The SMILES string of the molecule is C=C(N)Nc1ccc(C(=O)Oc2ccc(CC(=O)OCC(=O)N(C)C)cc2)cc1. The van der Waals surface area contributed by atoms with Crippen molar-refractivity contribution in [2.24, 2.45) is 5.73 Å². The third-order valence-electron chi connectivity index (χ3n) is 3.76. The van der Waals surface area contributed by atoms with E-state index in [4.69, 9.17) is 15.2 Å². The molecule has 2 aromatic rings. The molecule has 0 saturated carbocycles. The number of nitrogens with two attached hydrogens (primary N) is 1. The summed E-state index contributed by atoms with van der Waals surface area (Å²) in [6.07, 6.45) is 0.00975. The molecule has 8 heteroatoms. The highest BCUT2D eigenvalue weighted by Crippen LogP contribution is 2.16. The van der Waals surface area contributed by atoms with Crippen molar-refractivity contribution in [3.63, 3.8) is 0 Å². The first-order chi connectivity index (χ1) is 13.7. The van der Waals surface area contributed by atoms with Crippen LogP contribution < -0.4 is 15.8 Å². The number of likely N-dealkylation sites (N-methyl/N-ethyl adjacent to an activating group) is 1. The molecule has 0 saturated heterocycles. The summed E-state index contributed by atoms with van der Waals surface area (Å²) in [6, 6.07) is 13.0. The number of carbonyl (C=O) groups is 3. The second-order valence-electron chi connectivity index (χ2n) is 6.39. The number of hydrogen-bond acceptors (Lipinski definition) is 7. The molecule has 0 aliphatic rings. The van der Waals surface area contributed by atoms with Crippen LogP contribution >= 0.6 is 0 Å². The maximum atomic E-state index is 12.2. The smallest absolute Gasteiger partial charge is 0.343 e. The normalized spacial score (nSPS) is 10.0. The number of benzene rings is 2. The predicted molar refractivity (Wildman–Crippen MR) is 108 cm³/mol. The average molecular weight is 397 g/mol. The van der Waals surface area contributed by atoms with Gasteiger partial charge in [0.05, 0.1) is 17.8 Å². The van der Waals surface area contributed by atoms with Gasteiger partial charge in [-0.2, -0.15) is 0 Å². The number of esters is 2. The molecule has 0 heterocycles. The second-order valence-corrected chi connectivity index (χ2v) is 6.39. The number of nitrogens with zero attached hydrogens (tertiary/aromatic N) is 1. The van der Waals surface area contributed by atoms with Crippen LogP contribution in [0.5, 0.6) is 5.75 Å². The Balaban J connectivity index is 1.88. The third-order valence-corrected chi connectivity index (χ3v) is 3.76. The van der Waals surface area contributed by atoms with Gasteiger partial charge < -0.3 is 25.4 Å². The minimum atomic E-state index is -0.516. The van der Waals surface area contributed by atoms with Gasteiger partial charge in [-0.3, -0.25) is 9.59 Å². The highest BCUT2D eigenvalue weighted by Gasteiger charge is 2.11. The van der Waals surface area contributed by atoms with Crippen molar-refractivity contribution >= 4 is 23.5 Å². The predicted octanol–water partition coefficient (Wildman–Crippen LogP) is 1.92. The average Bonchev–Trinajstić information content (AvgIpc) is 2.67. The van der Waals surface area contributed by atoms with Crippen molar-refractivity contribution in [1.29, 1.82) is 0 Å². The minimum Gasteiger partial charge on any atom is -0.455 e. The van der Waals surface area contributed by atoms with Crippen LogP contribution in [-0.2, 0) is 20.7 Å². The van der Waals surface area contributed by atoms with Gasteiger partial charge >= 0.3 is 11.9 Å². The zero-order valence-electron chi connectivity index (χ0n) is 16.3. The van der Waals surface area contributed by atoms with E-state index >= 15 is 0 Å². The van der Waals surface area contributed by atoms with Gasteiger partial charge in [-0.05, 0) is 42.0 Å². The van der Waals surface area contributed by atoms with Crippen LogP contribution in [0.1, 0.15) is 15.9 Å². The lowest BCUT2D eigenvalue weighted by Gasteiger charge is -2.10. The number of hydrogen-bond donors (Lipinski definition) is 2. The summed E-state index contributed by atoms with van der Waals surface area (Å²) in [6.45, 7) is 3.25. The summed E-state index contributed by atoms with van der Waals surface area (Å²) in [4.78, 5) is 36.8. The quantitative estimate of drug-likeness (QED) is 0.517. The third kappa shape index (κ3) is 7.02. The molecule has 0 atom stereocenters. The lowest BCUT2D eigenvalue weighted by molar-refractivity contribution is -0.150. The maximum absolute atomic E-state index is 12.2. The van der Waals surface area contributed by atoms with Gasteiger partial charge in [0, 0.05) is 19.8 Å². The fourth-order valence-corrected chi connectivity index (χ4v) is 2.21. The van der Waals surface area contributed by atoms with E-state index in [-0.39, 0.29) is 18.9 Å². The molecule has 2 rings (SSSR count). The Hall–Kier alpha value is -3.81. The van der Waals surface area contributed by atoms with E-state index in [9.17, 15) is 14.4 Å². The molecule has 0 bridgehead atoms. The summed E-state index contributed by atoms with van der Waals surface area (Å²) < 4.78 is 10.2. The first kappa shape index (κ1) is 21.5. The molecule has 152 valence electrons. The monoisotopic (exact) mass is 397 g/mol. The van der Waals surface area contributed by atoms with Crippen LogP contribution in [-0.4, -0.2) is 43.4 Å². The molecular weight excluding hydrogens is 374 g/mol. The van der Waals surface area contributed by atoms with Crippen molar-refractivity contribution in [2.45, 2.75) is 6.42 Å². The van der Waals surface area contributed by atoms with E-state index in [2.05, 4.69) is 11.9 Å². The molecule has 29 heavy (non-hydrogen) atoms. The maximum Gasteiger partial charge on any atom is 0.343 e. The first-order valence-corrected chi connectivity index (χ1v) is 8.73. The summed E-state index contributed by atoms with van der Waals surface area (Å²) in [7, 11) is 3.16. The molecule has 3 N–H and O–H groups in total. The molecule has 0 unspecified atom stereocenters. The Labute approximate surface area is 168 Å². The van der Waals surface area contributed by atoms with Crippen LogP contribution in [0.2, 0.25) is 0 Å². The van der Waals surface area contributed by atoms with Crippen molar-refractivity contribution in [3.05, 3.63) is 72.1 Å². The van der Waals surface area contributed by atoms with E-state index in [0.29, 0.717) is 28.4 Å². The van der Waals surface area contributed by atoms with Gasteiger partial charge in [-0.15, -0.1) is 0 Å². The van der Waals surface area contributed by atoms with Gasteiger partial charge in [0.1, 0.15) is 5.75 Å². The highest BCUT2D eigenvalue weighted by atomic mass is 16.5. The first-order valence-electron chi connectivity index (χ1n) is 8.73. The topological polar surface area (TPSA) is 111 Å². The molecule has 2 aromatic carbocycles. The number of carbonyl (C=O) groups excluding carboxylic acids is 3. The lowest BCUT2D eigenvalue weighted by Crippen LogP contribution is -2.27. The van der Waals surface area contributed by atoms with Gasteiger partial charge in [0.2, 0.25) is 0 Å². The Morgan fingerprint density at radius 2 is 1.66 bits per heavy atom. The standard InChI is InChI=1S/C21H23N3O5/c1-14(22)23-17-8-6-16(7-9-17)21(27)29-18-10-4-15(5-11-18)12-20(26)28-13-19(25)24(2)3/h4-11,23H,1,12-13,22H2,2-3H3. The number of anilines is 1. The fraction of sp³-hybridized carbons (Fsp3) is 0.190. The Morgan fingerprint density at radius 3 is 2.21 bits per heavy atom. The Kier molecular flexibility index (Phi) is 7.36. The van der Waals surface area contributed by atoms with Crippen molar-refractivity contribution in [2.75, 3.05) is 26.0 Å².